The first-order valence-corrected chi connectivity index (χ1v) is 6.41. The molecule has 0 atom stereocenters. The Morgan fingerprint density at radius 1 is 1.11 bits per heavy atom. The van der Waals surface area contributed by atoms with E-state index in [1.165, 1.54) is 11.1 Å². The van der Waals surface area contributed by atoms with E-state index in [0.717, 1.165) is 29.6 Å². The van der Waals surface area contributed by atoms with Crippen LogP contribution in [0.25, 0.3) is 0 Å². The van der Waals surface area contributed by atoms with Gasteiger partial charge in [-0.3, -0.25) is 4.90 Å². The molecular weight excluding hydrogens is 246 g/mol. The highest BCUT2D eigenvalue weighted by atomic mass is 35.5. The highest BCUT2D eigenvalue weighted by Gasteiger charge is 2.07. The van der Waals surface area contributed by atoms with Crippen molar-refractivity contribution < 1.29 is 4.42 Å². The summed E-state index contributed by atoms with van der Waals surface area (Å²) in [7, 11) is 2.09. The van der Waals surface area contributed by atoms with E-state index >= 15 is 0 Å². The summed E-state index contributed by atoms with van der Waals surface area (Å²) in [5.74, 6) is 2.02. The number of rotatable bonds is 4. The third-order valence-corrected chi connectivity index (χ3v) is 3.26. The smallest absolute Gasteiger partial charge is 0.118 e. The number of nitrogens with zero attached hydrogens (tertiary/aromatic N) is 1. The number of aryl methyl sites for hydroxylation is 2. The van der Waals surface area contributed by atoms with Crippen molar-refractivity contribution >= 4 is 11.6 Å². The van der Waals surface area contributed by atoms with Gasteiger partial charge in [0.25, 0.3) is 0 Å². The summed E-state index contributed by atoms with van der Waals surface area (Å²) in [5.41, 5.74) is 2.46. The van der Waals surface area contributed by atoms with Crippen LogP contribution < -0.4 is 0 Å². The summed E-state index contributed by atoms with van der Waals surface area (Å²) in [6.07, 6.45) is 0. The molecule has 1 aromatic heterocycles. The van der Waals surface area contributed by atoms with Crippen LogP contribution in [0.3, 0.4) is 0 Å². The molecule has 0 N–H and O–H groups in total. The summed E-state index contributed by atoms with van der Waals surface area (Å²) in [6, 6.07) is 10.1. The number of furan rings is 1. The van der Waals surface area contributed by atoms with Crippen molar-refractivity contribution in [2.45, 2.75) is 26.9 Å². The Labute approximate surface area is 113 Å². The van der Waals surface area contributed by atoms with Crippen molar-refractivity contribution in [3.63, 3.8) is 0 Å². The van der Waals surface area contributed by atoms with Gasteiger partial charge in [-0.2, -0.15) is 0 Å². The summed E-state index contributed by atoms with van der Waals surface area (Å²) in [4.78, 5) is 2.22. The van der Waals surface area contributed by atoms with Crippen LogP contribution in [0.4, 0.5) is 0 Å². The fourth-order valence-electron chi connectivity index (χ4n) is 1.95. The Hall–Kier alpha value is -1.25. The van der Waals surface area contributed by atoms with Crippen LogP contribution in [0, 0.1) is 13.8 Å². The predicted octanol–water partition coefficient (Wildman–Crippen LogP) is 4.18. The zero-order valence-corrected chi connectivity index (χ0v) is 11.8. The number of hydrogen-bond acceptors (Lipinski definition) is 2. The molecule has 0 saturated carbocycles. The third kappa shape index (κ3) is 3.37. The molecular formula is C15H18ClNO. The van der Waals surface area contributed by atoms with Crippen LogP contribution in [0.2, 0.25) is 5.02 Å². The van der Waals surface area contributed by atoms with E-state index in [1.54, 1.807) is 0 Å². The molecule has 0 spiro atoms. The molecule has 0 aliphatic heterocycles. The topological polar surface area (TPSA) is 16.4 Å². The molecule has 0 aliphatic rings. The maximum Gasteiger partial charge on any atom is 0.118 e. The van der Waals surface area contributed by atoms with Crippen LogP contribution in [0.15, 0.2) is 34.7 Å². The quantitative estimate of drug-likeness (QED) is 0.823. The second kappa shape index (κ2) is 5.59. The zero-order chi connectivity index (χ0) is 13.1. The van der Waals surface area contributed by atoms with Gasteiger partial charge >= 0.3 is 0 Å². The van der Waals surface area contributed by atoms with Crippen molar-refractivity contribution in [3.8, 4) is 0 Å². The van der Waals surface area contributed by atoms with Crippen molar-refractivity contribution in [2.24, 2.45) is 0 Å². The maximum absolute atomic E-state index is 5.87. The molecule has 0 unspecified atom stereocenters. The monoisotopic (exact) mass is 263 g/mol. The fraction of sp³-hybridized carbons (Fsp3) is 0.333. The largest absolute Gasteiger partial charge is 0.465 e. The van der Waals surface area contributed by atoms with Gasteiger partial charge in [0, 0.05) is 11.6 Å². The normalized spacial score (nSPS) is 11.2. The van der Waals surface area contributed by atoms with E-state index in [4.69, 9.17) is 16.0 Å². The molecule has 0 amide bonds. The molecule has 0 fully saturated rings. The lowest BCUT2D eigenvalue weighted by Gasteiger charge is -2.15. The average molecular weight is 264 g/mol. The van der Waals surface area contributed by atoms with Crippen LogP contribution in [0.5, 0.6) is 0 Å². The van der Waals surface area contributed by atoms with E-state index < -0.39 is 0 Å². The molecule has 0 saturated heterocycles. The molecule has 18 heavy (non-hydrogen) atoms. The van der Waals surface area contributed by atoms with Gasteiger partial charge in [0.05, 0.1) is 6.54 Å². The molecule has 2 nitrogen and oxygen atoms in total. The van der Waals surface area contributed by atoms with E-state index in [-0.39, 0.29) is 0 Å². The first-order valence-electron chi connectivity index (χ1n) is 6.03. The van der Waals surface area contributed by atoms with Crippen molar-refractivity contribution in [1.82, 2.24) is 4.90 Å². The minimum Gasteiger partial charge on any atom is -0.465 e. The lowest BCUT2D eigenvalue weighted by Crippen LogP contribution is -2.16. The van der Waals surface area contributed by atoms with Gasteiger partial charge in [-0.1, -0.05) is 23.7 Å². The van der Waals surface area contributed by atoms with Gasteiger partial charge in [0.1, 0.15) is 11.5 Å². The molecule has 96 valence electrons. The van der Waals surface area contributed by atoms with E-state index in [0.29, 0.717) is 0 Å². The van der Waals surface area contributed by atoms with Gasteiger partial charge in [0.2, 0.25) is 0 Å². The lowest BCUT2D eigenvalue weighted by atomic mass is 10.2. The van der Waals surface area contributed by atoms with Crippen molar-refractivity contribution in [1.29, 1.82) is 0 Å². The second-order valence-corrected chi connectivity index (χ2v) is 5.19. The number of halogens is 1. The van der Waals surface area contributed by atoms with Gasteiger partial charge in [0.15, 0.2) is 0 Å². The first-order chi connectivity index (χ1) is 8.54. The minimum atomic E-state index is 0.777. The Balaban J connectivity index is 1.96. The molecule has 2 rings (SSSR count). The Kier molecular flexibility index (Phi) is 4.10. The number of hydrogen-bond donors (Lipinski definition) is 0. The summed E-state index contributed by atoms with van der Waals surface area (Å²) < 4.78 is 5.68. The predicted molar refractivity (Wildman–Crippen MR) is 74.8 cm³/mol. The summed E-state index contributed by atoms with van der Waals surface area (Å²) in [5, 5.41) is 0.777. The molecule has 1 aromatic carbocycles. The third-order valence-electron chi connectivity index (χ3n) is 3.01. The molecule has 0 bridgehead atoms. The highest BCUT2D eigenvalue weighted by molar-refractivity contribution is 6.30. The summed E-state index contributed by atoms with van der Waals surface area (Å²) >= 11 is 5.87. The number of benzene rings is 1. The Morgan fingerprint density at radius 2 is 1.78 bits per heavy atom. The first kappa shape index (κ1) is 13.2. The van der Waals surface area contributed by atoms with Gasteiger partial charge < -0.3 is 4.42 Å². The fourth-order valence-corrected chi connectivity index (χ4v) is 2.08. The molecule has 2 aromatic rings. The molecule has 0 aliphatic carbocycles. The second-order valence-electron chi connectivity index (χ2n) is 4.75. The van der Waals surface area contributed by atoms with Crippen LogP contribution in [0.1, 0.15) is 22.6 Å². The average Bonchev–Trinajstić information content (AvgIpc) is 2.61. The van der Waals surface area contributed by atoms with Gasteiger partial charge in [-0.15, -0.1) is 0 Å². The highest BCUT2D eigenvalue weighted by Crippen LogP contribution is 2.16. The van der Waals surface area contributed by atoms with Crippen molar-refractivity contribution in [3.05, 3.63) is 58.0 Å². The Bertz CT molecular complexity index is 496. The van der Waals surface area contributed by atoms with Crippen molar-refractivity contribution in [2.75, 3.05) is 7.05 Å². The molecule has 0 radical (unpaired) electrons. The Morgan fingerprint density at radius 3 is 2.33 bits per heavy atom. The zero-order valence-electron chi connectivity index (χ0n) is 11.0. The van der Waals surface area contributed by atoms with Gasteiger partial charge in [-0.05, 0) is 50.2 Å². The van der Waals surface area contributed by atoms with Crippen LogP contribution in [-0.4, -0.2) is 11.9 Å². The lowest BCUT2D eigenvalue weighted by molar-refractivity contribution is 0.285. The SMILES string of the molecule is Cc1cc(CN(C)Cc2ccc(Cl)cc2)oc1C. The van der Waals surface area contributed by atoms with E-state index in [1.807, 2.05) is 19.1 Å². The van der Waals surface area contributed by atoms with E-state index in [2.05, 4.69) is 37.1 Å². The van der Waals surface area contributed by atoms with Crippen LogP contribution >= 0.6 is 11.6 Å². The van der Waals surface area contributed by atoms with E-state index in [9.17, 15) is 0 Å². The molecule has 3 heteroatoms. The summed E-state index contributed by atoms with van der Waals surface area (Å²) in [6.45, 7) is 5.77. The maximum atomic E-state index is 5.87. The standard InChI is InChI=1S/C15H18ClNO/c1-11-8-15(18-12(11)2)10-17(3)9-13-4-6-14(16)7-5-13/h4-8H,9-10H2,1-3H3. The minimum absolute atomic E-state index is 0.777. The van der Waals surface area contributed by atoms with Crippen LogP contribution in [-0.2, 0) is 13.1 Å². The van der Waals surface area contributed by atoms with Gasteiger partial charge in [-0.25, -0.2) is 0 Å². The molecule has 1 heterocycles.